The van der Waals surface area contributed by atoms with Crippen molar-refractivity contribution >= 4 is 6.34 Å². The van der Waals surface area contributed by atoms with Crippen molar-refractivity contribution in [2.24, 2.45) is 4.99 Å². The lowest BCUT2D eigenvalue weighted by molar-refractivity contribution is -0.735. The van der Waals surface area contributed by atoms with Crippen LogP contribution in [0.15, 0.2) is 17.3 Å². The Balaban J connectivity index is 4.01. The lowest BCUT2D eigenvalue weighted by Gasteiger charge is -2.16. The second kappa shape index (κ2) is 3.41. The van der Waals surface area contributed by atoms with E-state index in [1.165, 1.54) is 0 Å². The zero-order valence-electron chi connectivity index (χ0n) is 6.63. The van der Waals surface area contributed by atoms with E-state index >= 15 is 0 Å². The molecule has 0 heterocycles. The molecule has 0 saturated heterocycles. The van der Waals surface area contributed by atoms with Crippen molar-refractivity contribution in [1.82, 2.24) is 0 Å². The van der Waals surface area contributed by atoms with Crippen LogP contribution in [-0.2, 0) is 0 Å². The highest BCUT2D eigenvalue weighted by molar-refractivity contribution is 5.46. The van der Waals surface area contributed by atoms with E-state index in [4.69, 9.17) is 0 Å². The number of hydrogen-bond donors (Lipinski definition) is 0. The van der Waals surface area contributed by atoms with Gasteiger partial charge in [-0.1, -0.05) is 0 Å². The third-order valence-corrected chi connectivity index (χ3v) is 0.946. The fraction of sp³-hybridized carbons (Fsp3) is 0.571. The first-order valence-electron chi connectivity index (χ1n) is 3.03. The first-order chi connectivity index (χ1) is 4.12. The van der Waals surface area contributed by atoms with Gasteiger partial charge in [-0.3, -0.25) is 4.48 Å². The molecule has 0 N–H and O–H groups in total. The molecule has 0 aliphatic rings. The van der Waals surface area contributed by atoms with Gasteiger partial charge < -0.3 is 0 Å². The predicted octanol–water partition coefficient (Wildman–Crippen LogP) is 1.25. The van der Waals surface area contributed by atoms with E-state index < -0.39 is 0 Å². The van der Waals surface area contributed by atoms with Gasteiger partial charge in [0.25, 0.3) is 0 Å². The van der Waals surface area contributed by atoms with Crippen LogP contribution in [0.2, 0.25) is 0 Å². The highest BCUT2D eigenvalue weighted by Gasteiger charge is 2.03. The summed E-state index contributed by atoms with van der Waals surface area (Å²) in [7, 11) is 5.91. The van der Waals surface area contributed by atoms with Gasteiger partial charge in [-0.05, 0) is 13.0 Å². The molecule has 2 heteroatoms. The minimum Gasteiger partial charge on any atom is -0.260 e. The molecule has 0 aromatic carbocycles. The van der Waals surface area contributed by atoms with Crippen LogP contribution in [0.4, 0.5) is 0 Å². The van der Waals surface area contributed by atoms with Crippen molar-refractivity contribution in [3.8, 4) is 0 Å². The standard InChI is InChI=1S/C7H15N2/c1-5-6-9(3,4)7-8-2/h5-7H,1-4H3/q+1/b6-5-,8-7?. The summed E-state index contributed by atoms with van der Waals surface area (Å²) in [6.07, 6.45) is 5.95. The second-order valence-corrected chi connectivity index (χ2v) is 2.49. The van der Waals surface area contributed by atoms with Crippen molar-refractivity contribution in [3.63, 3.8) is 0 Å². The highest BCUT2D eigenvalue weighted by atomic mass is 15.3. The first-order valence-corrected chi connectivity index (χ1v) is 3.03. The van der Waals surface area contributed by atoms with E-state index in [9.17, 15) is 0 Å². The third kappa shape index (κ3) is 3.91. The highest BCUT2D eigenvalue weighted by Crippen LogP contribution is 1.92. The molecular formula is C7H15N2+. The number of nitrogens with zero attached hydrogens (tertiary/aromatic N) is 2. The summed E-state index contributed by atoms with van der Waals surface area (Å²) in [5.74, 6) is 0. The number of hydrogen-bond acceptors (Lipinski definition) is 1. The summed E-state index contributed by atoms with van der Waals surface area (Å²) in [4.78, 5) is 3.92. The quantitative estimate of drug-likeness (QED) is 0.301. The number of aliphatic imine (C=N–C) groups is 1. The monoisotopic (exact) mass is 127 g/mol. The van der Waals surface area contributed by atoms with Gasteiger partial charge >= 0.3 is 0 Å². The van der Waals surface area contributed by atoms with E-state index in [0.29, 0.717) is 4.48 Å². The molecule has 0 amide bonds. The van der Waals surface area contributed by atoms with Crippen molar-refractivity contribution in [3.05, 3.63) is 12.3 Å². The smallest absolute Gasteiger partial charge is 0.189 e. The molecule has 0 unspecified atom stereocenters. The Morgan fingerprint density at radius 3 is 2.22 bits per heavy atom. The maximum atomic E-state index is 3.92. The van der Waals surface area contributed by atoms with Crippen LogP contribution in [0.5, 0.6) is 0 Å². The zero-order chi connectivity index (χ0) is 7.33. The predicted molar refractivity (Wildman–Crippen MR) is 41.3 cm³/mol. The van der Waals surface area contributed by atoms with E-state index in [0.717, 1.165) is 0 Å². The van der Waals surface area contributed by atoms with Crippen LogP contribution >= 0.6 is 0 Å². The molecule has 0 rings (SSSR count). The Labute approximate surface area is 57.1 Å². The lowest BCUT2D eigenvalue weighted by atomic mass is 10.6. The Bertz CT molecular complexity index is 109. The van der Waals surface area contributed by atoms with E-state index in [-0.39, 0.29) is 0 Å². The minimum atomic E-state index is 0.715. The molecular weight excluding hydrogens is 112 g/mol. The van der Waals surface area contributed by atoms with E-state index in [1.54, 1.807) is 7.05 Å². The SMILES string of the molecule is C/C=C\[N+](C)(C)C=NC. The summed E-state index contributed by atoms with van der Waals surface area (Å²) in [5, 5.41) is 0. The minimum absolute atomic E-state index is 0.715. The maximum Gasteiger partial charge on any atom is 0.189 e. The van der Waals surface area contributed by atoms with Crippen molar-refractivity contribution < 1.29 is 4.48 Å². The molecule has 0 saturated carbocycles. The van der Waals surface area contributed by atoms with Crippen molar-refractivity contribution in [2.75, 3.05) is 21.1 Å². The number of rotatable bonds is 2. The summed E-state index contributed by atoms with van der Waals surface area (Å²) in [6, 6.07) is 0. The van der Waals surface area contributed by atoms with Gasteiger partial charge in [0.2, 0.25) is 0 Å². The van der Waals surface area contributed by atoms with Crippen LogP contribution in [-0.4, -0.2) is 32.0 Å². The summed E-state index contributed by atoms with van der Waals surface area (Å²) >= 11 is 0. The molecule has 2 nitrogen and oxygen atoms in total. The van der Waals surface area contributed by atoms with Gasteiger partial charge in [0, 0.05) is 7.05 Å². The Morgan fingerprint density at radius 1 is 1.33 bits per heavy atom. The third-order valence-electron chi connectivity index (χ3n) is 0.946. The normalized spacial score (nSPS) is 13.8. The van der Waals surface area contributed by atoms with Gasteiger partial charge in [0.05, 0.1) is 20.3 Å². The molecule has 0 aromatic rings. The van der Waals surface area contributed by atoms with Gasteiger partial charge in [-0.15, -0.1) is 0 Å². The Morgan fingerprint density at radius 2 is 1.89 bits per heavy atom. The Kier molecular flexibility index (Phi) is 3.17. The molecule has 0 spiro atoms. The summed E-state index contributed by atoms with van der Waals surface area (Å²) < 4.78 is 0.715. The molecule has 0 fully saturated rings. The van der Waals surface area contributed by atoms with Crippen LogP contribution in [0.3, 0.4) is 0 Å². The summed E-state index contributed by atoms with van der Waals surface area (Å²) in [6.45, 7) is 2.00. The molecule has 0 radical (unpaired) electrons. The molecule has 0 atom stereocenters. The average molecular weight is 127 g/mol. The van der Waals surface area contributed by atoms with Crippen LogP contribution < -0.4 is 0 Å². The summed E-state index contributed by atoms with van der Waals surface area (Å²) in [5.41, 5.74) is 0. The molecule has 0 aliphatic heterocycles. The van der Waals surface area contributed by atoms with Crippen LogP contribution in [0, 0.1) is 0 Å². The van der Waals surface area contributed by atoms with Crippen molar-refractivity contribution in [1.29, 1.82) is 0 Å². The number of quaternary nitrogens is 1. The first kappa shape index (κ1) is 8.37. The van der Waals surface area contributed by atoms with Crippen molar-refractivity contribution in [2.45, 2.75) is 6.92 Å². The fourth-order valence-electron chi connectivity index (χ4n) is 0.720. The second-order valence-electron chi connectivity index (χ2n) is 2.49. The van der Waals surface area contributed by atoms with E-state index in [1.807, 2.05) is 19.3 Å². The largest absolute Gasteiger partial charge is 0.260 e. The molecule has 52 valence electrons. The number of allylic oxidation sites excluding steroid dienone is 1. The fourth-order valence-corrected chi connectivity index (χ4v) is 0.720. The molecule has 0 bridgehead atoms. The average Bonchev–Trinajstić information content (AvgIpc) is 1.64. The van der Waals surface area contributed by atoms with Gasteiger partial charge in [-0.2, -0.15) is 0 Å². The molecule has 0 aliphatic carbocycles. The van der Waals surface area contributed by atoms with E-state index in [2.05, 4.69) is 25.3 Å². The van der Waals surface area contributed by atoms with Crippen LogP contribution in [0.25, 0.3) is 0 Å². The van der Waals surface area contributed by atoms with Gasteiger partial charge in [0.1, 0.15) is 0 Å². The molecule has 9 heavy (non-hydrogen) atoms. The topological polar surface area (TPSA) is 12.4 Å². The molecule has 0 aromatic heterocycles. The van der Waals surface area contributed by atoms with Gasteiger partial charge in [-0.25, -0.2) is 4.99 Å². The van der Waals surface area contributed by atoms with Crippen LogP contribution in [0.1, 0.15) is 6.92 Å². The lowest BCUT2D eigenvalue weighted by Crippen LogP contribution is -2.30. The Hall–Kier alpha value is -0.630. The van der Waals surface area contributed by atoms with Gasteiger partial charge in [0.15, 0.2) is 6.34 Å². The maximum absolute atomic E-state index is 3.92. The zero-order valence-corrected chi connectivity index (χ0v) is 6.63.